The summed E-state index contributed by atoms with van der Waals surface area (Å²) >= 11 is 1.61. The fraction of sp³-hybridized carbons (Fsp3) is 0.444. The summed E-state index contributed by atoms with van der Waals surface area (Å²) in [5, 5.41) is 3.04. The number of para-hydroxylation sites is 2. The fourth-order valence-corrected chi connectivity index (χ4v) is 3.35. The molecule has 0 aliphatic carbocycles. The summed E-state index contributed by atoms with van der Waals surface area (Å²) in [6, 6.07) is 7.59. The standard InChI is InChI=1S/C18H22N2O3S/c1-12(2)18-19-13(11-24-18)8-17(21)20(3)9-14-10-22-15-6-4-5-7-16(15)23-14/h4-7,11-12,14H,8-10H2,1-3H3/t14-/m0/s1. The molecule has 3 rings (SSSR count). The number of ether oxygens (including phenoxy) is 2. The lowest BCUT2D eigenvalue weighted by Crippen LogP contribution is -2.42. The van der Waals surface area contributed by atoms with Crippen LogP contribution in [0.4, 0.5) is 0 Å². The van der Waals surface area contributed by atoms with E-state index < -0.39 is 0 Å². The number of rotatable bonds is 5. The van der Waals surface area contributed by atoms with Crippen molar-refractivity contribution in [2.45, 2.75) is 32.3 Å². The van der Waals surface area contributed by atoms with Gasteiger partial charge in [0.25, 0.3) is 0 Å². The van der Waals surface area contributed by atoms with E-state index >= 15 is 0 Å². The molecule has 128 valence electrons. The second kappa shape index (κ2) is 7.21. The van der Waals surface area contributed by atoms with E-state index in [9.17, 15) is 4.79 Å². The van der Waals surface area contributed by atoms with Crippen LogP contribution in [0, 0.1) is 0 Å². The Labute approximate surface area is 146 Å². The fourth-order valence-electron chi connectivity index (χ4n) is 2.52. The summed E-state index contributed by atoms with van der Waals surface area (Å²) in [5.41, 5.74) is 0.840. The molecular weight excluding hydrogens is 324 g/mol. The maximum absolute atomic E-state index is 12.4. The minimum absolute atomic E-state index is 0.0399. The Morgan fingerprint density at radius 2 is 2.12 bits per heavy atom. The van der Waals surface area contributed by atoms with Crippen molar-refractivity contribution in [3.05, 3.63) is 40.3 Å². The smallest absolute Gasteiger partial charge is 0.228 e. The molecule has 2 aromatic rings. The number of benzene rings is 1. The summed E-state index contributed by atoms with van der Waals surface area (Å²) in [6.07, 6.45) is 0.166. The van der Waals surface area contributed by atoms with Crippen LogP contribution >= 0.6 is 11.3 Å². The van der Waals surface area contributed by atoms with Crippen molar-refractivity contribution in [2.75, 3.05) is 20.2 Å². The van der Waals surface area contributed by atoms with Crippen LogP contribution in [0.25, 0.3) is 0 Å². The predicted molar refractivity (Wildman–Crippen MR) is 93.9 cm³/mol. The molecule has 0 bridgehead atoms. The molecule has 0 saturated heterocycles. The van der Waals surface area contributed by atoms with Gasteiger partial charge in [0.15, 0.2) is 17.6 Å². The third-order valence-corrected chi connectivity index (χ3v) is 5.06. The van der Waals surface area contributed by atoms with Gasteiger partial charge >= 0.3 is 0 Å². The van der Waals surface area contributed by atoms with Gasteiger partial charge in [-0.25, -0.2) is 4.98 Å². The van der Waals surface area contributed by atoms with Gasteiger partial charge in [0.1, 0.15) is 6.61 Å². The Morgan fingerprint density at radius 3 is 2.83 bits per heavy atom. The number of nitrogens with zero attached hydrogens (tertiary/aromatic N) is 2. The number of aromatic nitrogens is 1. The highest BCUT2D eigenvalue weighted by Crippen LogP contribution is 2.31. The molecule has 1 aliphatic rings. The first-order valence-corrected chi connectivity index (χ1v) is 8.97. The Hall–Kier alpha value is -2.08. The van der Waals surface area contributed by atoms with E-state index in [2.05, 4.69) is 18.8 Å². The van der Waals surface area contributed by atoms with Crippen LogP contribution in [0.2, 0.25) is 0 Å². The maximum atomic E-state index is 12.4. The zero-order valence-corrected chi connectivity index (χ0v) is 15.0. The molecule has 0 radical (unpaired) electrons. The van der Waals surface area contributed by atoms with Crippen LogP contribution in [-0.4, -0.2) is 42.1 Å². The molecular formula is C18H22N2O3S. The third-order valence-electron chi connectivity index (χ3n) is 3.87. The number of hydrogen-bond donors (Lipinski definition) is 0. The Bertz CT molecular complexity index is 714. The van der Waals surface area contributed by atoms with Gasteiger partial charge < -0.3 is 14.4 Å². The van der Waals surface area contributed by atoms with Crippen molar-refractivity contribution in [3.63, 3.8) is 0 Å². The van der Waals surface area contributed by atoms with Crippen molar-refractivity contribution < 1.29 is 14.3 Å². The summed E-state index contributed by atoms with van der Waals surface area (Å²) < 4.78 is 11.6. The average Bonchev–Trinajstić information content (AvgIpc) is 3.03. The summed E-state index contributed by atoms with van der Waals surface area (Å²) in [5.74, 6) is 1.92. The number of amides is 1. The lowest BCUT2D eigenvalue weighted by molar-refractivity contribution is -0.130. The topological polar surface area (TPSA) is 51.7 Å². The first-order chi connectivity index (χ1) is 11.5. The second-order valence-corrected chi connectivity index (χ2v) is 7.17. The molecule has 0 saturated carbocycles. The van der Waals surface area contributed by atoms with Crippen LogP contribution in [0.15, 0.2) is 29.6 Å². The number of likely N-dealkylation sites (N-methyl/N-ethyl adjacent to an activating group) is 1. The van der Waals surface area contributed by atoms with Gasteiger partial charge in [-0.15, -0.1) is 11.3 Å². The van der Waals surface area contributed by atoms with Crippen LogP contribution in [-0.2, 0) is 11.2 Å². The molecule has 1 amide bonds. The van der Waals surface area contributed by atoms with Gasteiger partial charge in [-0.05, 0) is 12.1 Å². The second-order valence-electron chi connectivity index (χ2n) is 6.28. The van der Waals surface area contributed by atoms with Crippen molar-refractivity contribution in [3.8, 4) is 11.5 Å². The monoisotopic (exact) mass is 346 g/mol. The molecule has 1 aliphatic heterocycles. The first kappa shape index (κ1) is 16.8. The SMILES string of the molecule is CC(C)c1nc(CC(=O)N(C)C[C@H]2COc3ccccc3O2)cs1. The van der Waals surface area contributed by atoms with Crippen LogP contribution in [0.1, 0.15) is 30.5 Å². The van der Waals surface area contributed by atoms with E-state index in [1.807, 2.05) is 29.6 Å². The zero-order chi connectivity index (χ0) is 17.1. The number of carbonyl (C=O) groups excluding carboxylic acids is 1. The normalized spacial score (nSPS) is 16.2. The highest BCUT2D eigenvalue weighted by molar-refractivity contribution is 7.09. The Balaban J connectivity index is 1.54. The van der Waals surface area contributed by atoms with Crippen molar-refractivity contribution >= 4 is 17.2 Å². The molecule has 0 fully saturated rings. The van der Waals surface area contributed by atoms with E-state index in [1.54, 1.807) is 23.3 Å². The van der Waals surface area contributed by atoms with Crippen LogP contribution < -0.4 is 9.47 Å². The summed E-state index contributed by atoms with van der Waals surface area (Å²) in [6.45, 7) is 5.15. The van der Waals surface area contributed by atoms with Crippen molar-refractivity contribution in [2.24, 2.45) is 0 Å². The number of thiazole rings is 1. The Kier molecular flexibility index (Phi) is 5.04. The van der Waals surface area contributed by atoms with Crippen LogP contribution in [0.5, 0.6) is 11.5 Å². The lowest BCUT2D eigenvalue weighted by atomic mass is 10.2. The van der Waals surface area contributed by atoms with Gasteiger partial charge in [-0.3, -0.25) is 4.79 Å². The van der Waals surface area contributed by atoms with E-state index in [1.165, 1.54) is 0 Å². The highest BCUT2D eigenvalue weighted by Gasteiger charge is 2.24. The average molecular weight is 346 g/mol. The number of hydrogen-bond acceptors (Lipinski definition) is 5. The number of carbonyl (C=O) groups is 1. The largest absolute Gasteiger partial charge is 0.486 e. The molecule has 0 unspecified atom stereocenters. The first-order valence-electron chi connectivity index (χ1n) is 8.09. The van der Waals surface area contributed by atoms with Gasteiger partial charge in [-0.2, -0.15) is 0 Å². The van der Waals surface area contributed by atoms with E-state index in [0.29, 0.717) is 25.5 Å². The minimum Gasteiger partial charge on any atom is -0.486 e. The van der Waals surface area contributed by atoms with Gasteiger partial charge in [-0.1, -0.05) is 26.0 Å². The molecule has 0 N–H and O–H groups in total. The Morgan fingerprint density at radius 1 is 1.38 bits per heavy atom. The molecule has 1 atom stereocenters. The lowest BCUT2D eigenvalue weighted by Gasteiger charge is -2.29. The quantitative estimate of drug-likeness (QED) is 0.835. The van der Waals surface area contributed by atoms with Crippen molar-refractivity contribution in [1.82, 2.24) is 9.88 Å². The molecule has 1 aromatic heterocycles. The summed E-state index contributed by atoms with van der Waals surface area (Å²) in [4.78, 5) is 18.6. The summed E-state index contributed by atoms with van der Waals surface area (Å²) in [7, 11) is 1.79. The van der Waals surface area contributed by atoms with Crippen LogP contribution in [0.3, 0.4) is 0 Å². The van der Waals surface area contributed by atoms with Gasteiger partial charge in [0, 0.05) is 18.3 Å². The molecule has 24 heavy (non-hydrogen) atoms. The molecule has 5 nitrogen and oxygen atoms in total. The molecule has 6 heteroatoms. The van der Waals surface area contributed by atoms with E-state index in [4.69, 9.17) is 9.47 Å². The maximum Gasteiger partial charge on any atom is 0.228 e. The predicted octanol–water partition coefficient (Wildman–Crippen LogP) is 3.11. The third kappa shape index (κ3) is 3.87. The molecule has 2 heterocycles. The van der Waals surface area contributed by atoms with Gasteiger partial charge in [0.2, 0.25) is 5.91 Å². The highest BCUT2D eigenvalue weighted by atomic mass is 32.1. The van der Waals surface area contributed by atoms with E-state index in [0.717, 1.165) is 22.2 Å². The minimum atomic E-state index is -0.157. The van der Waals surface area contributed by atoms with E-state index in [-0.39, 0.29) is 12.0 Å². The molecule has 0 spiro atoms. The zero-order valence-electron chi connectivity index (χ0n) is 14.2. The van der Waals surface area contributed by atoms with Gasteiger partial charge in [0.05, 0.1) is 23.7 Å². The van der Waals surface area contributed by atoms with Crippen molar-refractivity contribution in [1.29, 1.82) is 0 Å². The molecule has 1 aromatic carbocycles. The number of fused-ring (bicyclic) bond motifs is 1.